The predicted octanol–water partition coefficient (Wildman–Crippen LogP) is 2.29. The van der Waals surface area contributed by atoms with E-state index < -0.39 is 18.2 Å². The van der Waals surface area contributed by atoms with Crippen molar-refractivity contribution in [2.45, 2.75) is 24.8 Å². The Balaban J connectivity index is 1.95. The lowest BCUT2D eigenvalue weighted by atomic mass is 10.1. The number of aromatic nitrogens is 4. The van der Waals surface area contributed by atoms with Crippen LogP contribution in [-0.4, -0.2) is 38.6 Å². The first-order chi connectivity index (χ1) is 13.5. The second kappa shape index (κ2) is 6.66. The van der Waals surface area contributed by atoms with Crippen LogP contribution in [-0.2, 0) is 16.9 Å². The Morgan fingerprint density at radius 2 is 2.21 bits per heavy atom. The molecule has 0 saturated carbocycles. The van der Waals surface area contributed by atoms with Crippen molar-refractivity contribution in [2.75, 3.05) is 14.1 Å². The Morgan fingerprint density at radius 1 is 1.38 bits per heavy atom. The molecule has 3 heterocycles. The van der Waals surface area contributed by atoms with Crippen LogP contribution in [0.1, 0.15) is 22.3 Å². The molecule has 0 radical (unpaired) electrons. The van der Waals surface area contributed by atoms with Crippen molar-refractivity contribution in [3.8, 4) is 11.6 Å². The Kier molecular flexibility index (Phi) is 3.13. The standard InChI is InChI=1S/C16H18N4O3S/c1-9-7-17-12(10(2)14(9)23-4)8-24(21)16-18-11-5-6-13(22-3)19-15(11)20-16/h5-7H,8H2,1-4H3,(H,18,19,20)/i3D3,7D/hD. The summed E-state index contributed by atoms with van der Waals surface area (Å²) in [5, 5.41) is -0.0780. The van der Waals surface area contributed by atoms with Gasteiger partial charge in [-0.3, -0.25) is 9.96 Å². The minimum absolute atomic E-state index is 0.0203. The molecule has 7 nitrogen and oxygen atoms in total. The molecule has 3 rings (SSSR count). The first-order valence-electron chi connectivity index (χ1n) is 9.43. The second-order valence-electron chi connectivity index (χ2n) is 5.04. The van der Waals surface area contributed by atoms with Crippen LogP contribution < -0.4 is 9.47 Å². The highest BCUT2D eigenvalue weighted by molar-refractivity contribution is 7.90. The normalized spacial score (nSPS) is 15.9. The Labute approximate surface area is 149 Å². The smallest absolute Gasteiger partial charge is 0.323 e. The van der Waals surface area contributed by atoms with E-state index in [0.717, 1.165) is 4.98 Å². The summed E-state index contributed by atoms with van der Waals surface area (Å²) >= 11 is -1.77. The molecule has 126 valence electrons. The van der Waals surface area contributed by atoms with E-state index in [1.165, 1.54) is 19.2 Å². The fourth-order valence-corrected chi connectivity index (χ4v) is 3.35. The molecule has 0 aliphatic carbocycles. The average Bonchev–Trinajstić information content (AvgIpc) is 2.95. The number of fused-ring (bicyclic) bond motifs is 1. The number of nitrogens with one attached hydrogen (secondary N) is 1. The maximum atomic E-state index is 12.9. The van der Waals surface area contributed by atoms with Gasteiger partial charge in [-0.2, -0.15) is 9.97 Å². The van der Waals surface area contributed by atoms with Gasteiger partial charge >= 0.3 is 5.16 Å². The van der Waals surface area contributed by atoms with Gasteiger partial charge in [0, 0.05) is 34.5 Å². The van der Waals surface area contributed by atoms with Crippen LogP contribution in [0.15, 0.2) is 23.5 Å². The van der Waals surface area contributed by atoms with Gasteiger partial charge in [-0.25, -0.2) is 0 Å². The van der Waals surface area contributed by atoms with Crippen molar-refractivity contribution in [3.63, 3.8) is 0 Å². The third-order valence-corrected chi connectivity index (χ3v) is 4.62. The molecular formula is C16H18N4O3S. The van der Waals surface area contributed by atoms with E-state index in [4.69, 9.17) is 16.4 Å². The lowest BCUT2D eigenvalue weighted by Crippen LogP contribution is -2.10. The van der Waals surface area contributed by atoms with Gasteiger partial charge < -0.3 is 14.0 Å². The van der Waals surface area contributed by atoms with E-state index in [2.05, 4.69) is 15.0 Å². The number of hydrogen-bond acceptors (Lipinski definition) is 6. The Hall–Kier alpha value is -2.32. The van der Waals surface area contributed by atoms with Crippen LogP contribution >= 0.6 is 0 Å². The quantitative estimate of drug-likeness (QED) is 0.709. The summed E-state index contributed by atoms with van der Waals surface area (Å²) in [6.07, 6.45) is 0.0203. The van der Waals surface area contributed by atoms with Gasteiger partial charge in [0.25, 0.3) is 0 Å². The molecule has 0 spiro atoms. The summed E-state index contributed by atoms with van der Waals surface area (Å²) in [6.45, 7) is 3.48. The van der Waals surface area contributed by atoms with Gasteiger partial charge in [0.1, 0.15) is 5.75 Å². The molecule has 0 fully saturated rings. The van der Waals surface area contributed by atoms with Crippen LogP contribution in [0.5, 0.6) is 11.6 Å². The molecule has 3 aromatic rings. The minimum atomic E-state index is -2.67. The summed E-state index contributed by atoms with van der Waals surface area (Å²) in [5.74, 6) is 0.256. The van der Waals surface area contributed by atoms with Gasteiger partial charge in [0.05, 0.1) is 30.8 Å². The largest absolute Gasteiger partial charge is 0.609 e. The first-order valence-corrected chi connectivity index (χ1v) is 8.30. The zero-order valence-electron chi connectivity index (χ0n) is 18.3. The van der Waals surface area contributed by atoms with Gasteiger partial charge in [0.2, 0.25) is 5.88 Å². The van der Waals surface area contributed by atoms with Crippen molar-refractivity contribution in [1.82, 2.24) is 19.9 Å². The number of hydrogen-bond donors (Lipinski definition) is 1. The highest BCUT2D eigenvalue weighted by atomic mass is 32.2. The topological polar surface area (TPSA) is 96.0 Å². The first kappa shape index (κ1) is 11.3. The number of aromatic amines is 1. The molecule has 0 saturated heterocycles. The van der Waals surface area contributed by atoms with Crippen LogP contribution in [0.25, 0.3) is 11.2 Å². The number of H-pyrrole nitrogens is 1. The SMILES string of the molecule is [2H]c1nc(C[S+]([O-])c2nc3nc(OC([2H])([2H])[2H])ccc3n2[2H])c(C)c(OC)c1C. The van der Waals surface area contributed by atoms with E-state index in [1.807, 2.05) is 0 Å². The van der Waals surface area contributed by atoms with Crippen molar-refractivity contribution in [2.24, 2.45) is 0 Å². The molecule has 0 bridgehead atoms. The van der Waals surface area contributed by atoms with Gasteiger partial charge in [0.15, 0.2) is 12.8 Å². The molecule has 8 heteroatoms. The Bertz CT molecular complexity index is 1070. The summed E-state index contributed by atoms with van der Waals surface area (Å²) in [4.78, 5) is 13.1. The van der Waals surface area contributed by atoms with E-state index in [0.29, 0.717) is 22.6 Å². The van der Waals surface area contributed by atoms with Crippen LogP contribution in [0.3, 0.4) is 0 Å². The second-order valence-corrected chi connectivity index (χ2v) is 6.39. The van der Waals surface area contributed by atoms with E-state index in [-0.39, 0.29) is 34.1 Å². The van der Waals surface area contributed by atoms with E-state index in [9.17, 15) is 4.55 Å². The lowest BCUT2D eigenvalue weighted by Gasteiger charge is -2.13. The molecule has 0 amide bonds. The third-order valence-electron chi connectivity index (χ3n) is 3.50. The molecule has 1 unspecified atom stereocenters. The van der Waals surface area contributed by atoms with E-state index >= 15 is 0 Å². The molecule has 3 aromatic heterocycles. The predicted molar refractivity (Wildman–Crippen MR) is 90.8 cm³/mol. The lowest BCUT2D eigenvalue weighted by molar-refractivity contribution is 0.399. The fraction of sp³-hybridized carbons (Fsp3) is 0.312. The molecule has 1 N–H and O–H groups in total. The van der Waals surface area contributed by atoms with E-state index in [1.54, 1.807) is 13.8 Å². The maximum Gasteiger partial charge on any atom is 0.323 e. The minimum Gasteiger partial charge on any atom is -0.609 e. The Morgan fingerprint density at radius 3 is 2.96 bits per heavy atom. The number of nitrogens with zero attached hydrogens (tertiary/aromatic N) is 3. The average molecular weight is 351 g/mol. The summed E-state index contributed by atoms with van der Waals surface area (Å²) in [7, 11) is -1.18. The number of rotatable bonds is 5. The van der Waals surface area contributed by atoms with Gasteiger partial charge in [-0.1, -0.05) is 0 Å². The molecular weight excluding hydrogens is 328 g/mol. The van der Waals surface area contributed by atoms with Crippen LogP contribution in [0.2, 0.25) is 1.41 Å². The fourth-order valence-electron chi connectivity index (χ4n) is 2.30. The summed E-state index contributed by atoms with van der Waals surface area (Å²) in [5.41, 5.74) is 1.94. The van der Waals surface area contributed by atoms with Crippen LogP contribution in [0.4, 0.5) is 0 Å². The van der Waals surface area contributed by atoms with Crippen molar-refractivity contribution in [3.05, 3.63) is 35.1 Å². The van der Waals surface area contributed by atoms with Gasteiger partial charge in [-0.05, 0) is 19.9 Å². The monoisotopic (exact) mass is 351 g/mol. The van der Waals surface area contributed by atoms with Crippen molar-refractivity contribution in [1.29, 1.82) is 0 Å². The molecule has 24 heavy (non-hydrogen) atoms. The van der Waals surface area contributed by atoms with Crippen molar-refractivity contribution >= 4 is 22.3 Å². The highest BCUT2D eigenvalue weighted by Crippen LogP contribution is 2.26. The third kappa shape index (κ3) is 3.02. The maximum absolute atomic E-state index is 12.9. The zero-order chi connectivity index (χ0) is 21.5. The number of methoxy groups -OCH3 is 2. The van der Waals surface area contributed by atoms with Crippen molar-refractivity contribution < 1.29 is 20.9 Å². The number of ether oxygens (including phenoxy) is 2. The zero-order valence-corrected chi connectivity index (χ0v) is 14.1. The number of pyridine rings is 2. The molecule has 0 aromatic carbocycles. The van der Waals surface area contributed by atoms with Crippen LogP contribution in [0, 0.1) is 13.8 Å². The summed E-state index contributed by atoms with van der Waals surface area (Å²) < 4.78 is 60.5. The molecule has 0 aliphatic heterocycles. The van der Waals surface area contributed by atoms with Gasteiger partial charge in [-0.15, -0.1) is 0 Å². The summed E-state index contributed by atoms with van der Waals surface area (Å²) in [6, 6.07) is 2.72. The highest BCUT2D eigenvalue weighted by Gasteiger charge is 2.21. The molecule has 0 aliphatic rings. The number of imidazole rings is 1. The molecule has 1 atom stereocenters.